The van der Waals surface area contributed by atoms with Crippen LogP contribution >= 0.6 is 11.6 Å². The molecular weight excluding hydrogens is 249 g/mol. The topological polar surface area (TPSA) is 72.5 Å². The van der Waals surface area contributed by atoms with Gasteiger partial charge in [0.1, 0.15) is 17.6 Å². The summed E-state index contributed by atoms with van der Waals surface area (Å²) in [5.41, 5.74) is 5.73. The summed E-state index contributed by atoms with van der Waals surface area (Å²) in [6.45, 7) is 1.86. The van der Waals surface area contributed by atoms with Crippen LogP contribution in [0.25, 0.3) is 0 Å². The molecule has 1 atom stereocenters. The number of ether oxygens (including phenoxy) is 1. The first-order chi connectivity index (χ1) is 7.95. The van der Waals surface area contributed by atoms with Crippen molar-refractivity contribution in [3.63, 3.8) is 0 Å². The molecule has 6 heteroatoms. The van der Waals surface area contributed by atoms with E-state index in [0.717, 1.165) is 12.1 Å². The lowest BCUT2D eigenvalue weighted by Gasteiger charge is -2.12. The molecule has 0 aliphatic rings. The van der Waals surface area contributed by atoms with E-state index in [0.29, 0.717) is 0 Å². The molecule has 0 heterocycles. The number of aromatic hydroxyl groups is 1. The van der Waals surface area contributed by atoms with E-state index in [9.17, 15) is 14.3 Å². The second-order valence-electron chi connectivity index (χ2n) is 3.46. The fourth-order valence-electron chi connectivity index (χ4n) is 1.34. The van der Waals surface area contributed by atoms with Crippen LogP contribution in [0.4, 0.5) is 4.39 Å². The SMILES string of the molecule is CCOC(=O)C(N)Cc1cc(F)cc(Cl)c1O. The first kappa shape index (κ1) is 13.7. The number of benzene rings is 1. The molecule has 0 spiro atoms. The van der Waals surface area contributed by atoms with Crippen LogP contribution in [-0.4, -0.2) is 23.7 Å². The van der Waals surface area contributed by atoms with Gasteiger partial charge in [-0.1, -0.05) is 11.6 Å². The number of nitrogens with two attached hydrogens (primary N) is 1. The van der Waals surface area contributed by atoms with E-state index in [-0.39, 0.29) is 29.4 Å². The van der Waals surface area contributed by atoms with Crippen LogP contribution in [0.3, 0.4) is 0 Å². The minimum absolute atomic E-state index is 0.0395. The number of phenolic OH excluding ortho intramolecular Hbond substituents is 1. The van der Waals surface area contributed by atoms with Crippen molar-refractivity contribution in [3.05, 3.63) is 28.5 Å². The van der Waals surface area contributed by atoms with Crippen LogP contribution in [0.1, 0.15) is 12.5 Å². The zero-order valence-electron chi connectivity index (χ0n) is 9.24. The van der Waals surface area contributed by atoms with E-state index >= 15 is 0 Å². The first-order valence-electron chi connectivity index (χ1n) is 5.04. The Kier molecular flexibility index (Phi) is 4.72. The molecule has 0 bridgehead atoms. The molecule has 3 N–H and O–H groups in total. The van der Waals surface area contributed by atoms with E-state index in [1.165, 1.54) is 0 Å². The Bertz CT molecular complexity index is 425. The van der Waals surface area contributed by atoms with Crippen LogP contribution in [0, 0.1) is 5.82 Å². The highest BCUT2D eigenvalue weighted by Crippen LogP contribution is 2.29. The predicted molar refractivity (Wildman–Crippen MR) is 61.4 cm³/mol. The third-order valence-corrected chi connectivity index (χ3v) is 2.42. The quantitative estimate of drug-likeness (QED) is 0.808. The van der Waals surface area contributed by atoms with Gasteiger partial charge in [-0.15, -0.1) is 0 Å². The Hall–Kier alpha value is -1.33. The highest BCUT2D eigenvalue weighted by molar-refractivity contribution is 6.32. The molecule has 1 unspecified atom stereocenters. The fourth-order valence-corrected chi connectivity index (χ4v) is 1.57. The van der Waals surface area contributed by atoms with Gasteiger partial charge in [0.2, 0.25) is 0 Å². The van der Waals surface area contributed by atoms with Crippen LogP contribution in [0.5, 0.6) is 5.75 Å². The van der Waals surface area contributed by atoms with E-state index < -0.39 is 17.8 Å². The van der Waals surface area contributed by atoms with E-state index in [1.54, 1.807) is 6.92 Å². The minimum atomic E-state index is -0.960. The van der Waals surface area contributed by atoms with Crippen LogP contribution in [0.15, 0.2) is 12.1 Å². The van der Waals surface area contributed by atoms with Crippen molar-refractivity contribution in [2.75, 3.05) is 6.61 Å². The van der Waals surface area contributed by atoms with E-state index in [2.05, 4.69) is 0 Å². The average Bonchev–Trinajstić information content (AvgIpc) is 2.25. The number of carbonyl (C=O) groups is 1. The molecule has 0 saturated carbocycles. The van der Waals surface area contributed by atoms with Gasteiger partial charge in [0.25, 0.3) is 0 Å². The summed E-state index contributed by atoms with van der Waals surface area (Å²) < 4.78 is 17.8. The number of halogens is 2. The summed E-state index contributed by atoms with van der Waals surface area (Å²) in [5, 5.41) is 9.46. The molecular formula is C11H13ClFNO3. The second kappa shape index (κ2) is 5.84. The smallest absolute Gasteiger partial charge is 0.323 e. The highest BCUT2D eigenvalue weighted by atomic mass is 35.5. The molecule has 4 nitrogen and oxygen atoms in total. The van der Waals surface area contributed by atoms with Gasteiger partial charge in [0.05, 0.1) is 11.6 Å². The molecule has 17 heavy (non-hydrogen) atoms. The second-order valence-corrected chi connectivity index (χ2v) is 3.87. The number of carbonyl (C=O) groups excluding carboxylic acids is 1. The Morgan fingerprint density at radius 1 is 1.65 bits per heavy atom. The summed E-state index contributed by atoms with van der Waals surface area (Å²) in [5.74, 6) is -1.47. The molecule has 0 aromatic heterocycles. The third kappa shape index (κ3) is 3.57. The van der Waals surface area contributed by atoms with Crippen molar-refractivity contribution in [1.82, 2.24) is 0 Å². The molecule has 1 rings (SSSR count). The van der Waals surface area contributed by atoms with Gasteiger partial charge in [-0.3, -0.25) is 4.79 Å². The molecule has 0 aliphatic heterocycles. The van der Waals surface area contributed by atoms with Gasteiger partial charge in [-0.05, 0) is 19.1 Å². The van der Waals surface area contributed by atoms with Gasteiger partial charge in [0, 0.05) is 12.0 Å². The molecule has 1 aromatic carbocycles. The summed E-state index contributed by atoms with van der Waals surface area (Å²) >= 11 is 5.60. The first-order valence-corrected chi connectivity index (χ1v) is 5.42. The standard InChI is InChI=1S/C11H13ClFNO3/c1-2-17-11(16)9(14)4-6-3-7(13)5-8(12)10(6)15/h3,5,9,15H,2,4,14H2,1H3. The normalized spacial score (nSPS) is 12.2. The summed E-state index contributed by atoms with van der Waals surface area (Å²) in [6.07, 6.45) is -0.0395. The Morgan fingerprint density at radius 2 is 2.29 bits per heavy atom. The van der Waals surface area contributed by atoms with Gasteiger partial charge < -0.3 is 15.6 Å². The van der Waals surface area contributed by atoms with Crippen LogP contribution in [0.2, 0.25) is 5.02 Å². The molecule has 0 radical (unpaired) electrons. The van der Waals surface area contributed by atoms with Gasteiger partial charge in [0.15, 0.2) is 0 Å². The van der Waals surface area contributed by atoms with Crippen LogP contribution in [-0.2, 0) is 16.0 Å². The zero-order valence-corrected chi connectivity index (χ0v) is 10.00. The van der Waals surface area contributed by atoms with Crippen molar-refractivity contribution in [2.24, 2.45) is 5.73 Å². The lowest BCUT2D eigenvalue weighted by Crippen LogP contribution is -2.34. The maximum Gasteiger partial charge on any atom is 0.323 e. The van der Waals surface area contributed by atoms with Crippen molar-refractivity contribution < 1.29 is 19.0 Å². The Balaban J connectivity index is 2.84. The maximum atomic E-state index is 13.1. The van der Waals surface area contributed by atoms with Gasteiger partial charge in [-0.25, -0.2) is 4.39 Å². The van der Waals surface area contributed by atoms with E-state index in [4.69, 9.17) is 22.1 Å². The average molecular weight is 262 g/mol. The molecule has 0 fully saturated rings. The lowest BCUT2D eigenvalue weighted by atomic mass is 10.1. The number of hydrogen-bond donors (Lipinski definition) is 2. The summed E-state index contributed by atoms with van der Waals surface area (Å²) in [6, 6.07) is 1.11. The fraction of sp³-hybridized carbons (Fsp3) is 0.364. The highest BCUT2D eigenvalue weighted by Gasteiger charge is 2.18. The molecule has 0 aliphatic carbocycles. The number of hydrogen-bond acceptors (Lipinski definition) is 4. The number of esters is 1. The van der Waals surface area contributed by atoms with E-state index in [1.807, 2.05) is 0 Å². The monoisotopic (exact) mass is 261 g/mol. The Labute approximate surface area is 103 Å². The van der Waals surface area contributed by atoms with Crippen LogP contribution < -0.4 is 5.73 Å². The summed E-state index contributed by atoms with van der Waals surface area (Å²) in [7, 11) is 0. The molecule has 0 saturated heterocycles. The number of phenols is 1. The maximum absolute atomic E-state index is 13.1. The van der Waals surface area contributed by atoms with Gasteiger partial charge in [-0.2, -0.15) is 0 Å². The zero-order chi connectivity index (χ0) is 13.0. The molecule has 1 aromatic rings. The van der Waals surface area contributed by atoms with Crippen molar-refractivity contribution in [2.45, 2.75) is 19.4 Å². The largest absolute Gasteiger partial charge is 0.506 e. The van der Waals surface area contributed by atoms with Gasteiger partial charge >= 0.3 is 5.97 Å². The van der Waals surface area contributed by atoms with Crippen molar-refractivity contribution in [1.29, 1.82) is 0 Å². The number of rotatable bonds is 4. The predicted octanol–water partition coefficient (Wildman–Crippen LogP) is 1.62. The minimum Gasteiger partial charge on any atom is -0.506 e. The van der Waals surface area contributed by atoms with Crippen molar-refractivity contribution >= 4 is 17.6 Å². The lowest BCUT2D eigenvalue weighted by molar-refractivity contribution is -0.144. The van der Waals surface area contributed by atoms with Crippen molar-refractivity contribution in [3.8, 4) is 5.75 Å². The Morgan fingerprint density at radius 3 is 2.88 bits per heavy atom. The third-order valence-electron chi connectivity index (χ3n) is 2.14. The molecule has 0 amide bonds. The molecule has 94 valence electrons. The summed E-state index contributed by atoms with van der Waals surface area (Å²) in [4.78, 5) is 11.3.